The standard InChI is InChI=1S/C18H23N3O3/c1-5-23-16-8-13-7-12(3)24-17(13)9-14(16)10-19-18(22)15-6-11(2)21(4)20-15/h6,8-9,12H,5,7,10H2,1-4H3,(H,19,22)/t12-/m0/s1. The highest BCUT2D eigenvalue weighted by molar-refractivity contribution is 5.92. The van der Waals surface area contributed by atoms with E-state index in [2.05, 4.69) is 10.4 Å². The summed E-state index contributed by atoms with van der Waals surface area (Å²) >= 11 is 0. The van der Waals surface area contributed by atoms with Gasteiger partial charge in [0, 0.05) is 36.8 Å². The Bertz CT molecular complexity index is 748. The number of carbonyl (C=O) groups excluding carboxylic acids is 1. The highest BCUT2D eigenvalue weighted by Crippen LogP contribution is 2.35. The summed E-state index contributed by atoms with van der Waals surface area (Å²) in [6, 6.07) is 5.76. The lowest BCUT2D eigenvalue weighted by atomic mass is 10.1. The van der Waals surface area contributed by atoms with Crippen molar-refractivity contribution in [2.24, 2.45) is 7.05 Å². The minimum absolute atomic E-state index is 0.177. The summed E-state index contributed by atoms with van der Waals surface area (Å²) in [7, 11) is 1.82. The van der Waals surface area contributed by atoms with Crippen LogP contribution in [0.4, 0.5) is 0 Å². The van der Waals surface area contributed by atoms with Gasteiger partial charge in [-0.1, -0.05) is 0 Å². The average Bonchev–Trinajstić information content (AvgIpc) is 3.06. The highest BCUT2D eigenvalue weighted by atomic mass is 16.5. The van der Waals surface area contributed by atoms with Crippen LogP contribution < -0.4 is 14.8 Å². The number of hydrogen-bond acceptors (Lipinski definition) is 4. The quantitative estimate of drug-likeness (QED) is 0.915. The molecule has 0 saturated carbocycles. The fourth-order valence-corrected chi connectivity index (χ4v) is 2.85. The normalized spacial score (nSPS) is 15.8. The van der Waals surface area contributed by atoms with Gasteiger partial charge in [0.25, 0.3) is 5.91 Å². The Labute approximate surface area is 141 Å². The number of rotatable bonds is 5. The van der Waals surface area contributed by atoms with Crippen LogP contribution in [0.5, 0.6) is 11.5 Å². The Morgan fingerprint density at radius 1 is 1.46 bits per heavy atom. The minimum atomic E-state index is -0.198. The minimum Gasteiger partial charge on any atom is -0.494 e. The van der Waals surface area contributed by atoms with Gasteiger partial charge in [0.1, 0.15) is 23.3 Å². The number of amides is 1. The molecule has 1 aliphatic heterocycles. The number of ether oxygens (including phenoxy) is 2. The Hall–Kier alpha value is -2.50. The number of hydrogen-bond donors (Lipinski definition) is 1. The molecule has 0 fully saturated rings. The van der Waals surface area contributed by atoms with E-state index in [9.17, 15) is 4.79 Å². The molecule has 128 valence electrons. The van der Waals surface area contributed by atoms with E-state index in [0.717, 1.165) is 34.7 Å². The molecule has 1 aromatic heterocycles. The third-order valence-corrected chi connectivity index (χ3v) is 4.16. The summed E-state index contributed by atoms with van der Waals surface area (Å²) in [5, 5.41) is 7.10. The van der Waals surface area contributed by atoms with Crippen molar-refractivity contribution < 1.29 is 14.3 Å². The van der Waals surface area contributed by atoms with Crippen molar-refractivity contribution in [3.63, 3.8) is 0 Å². The van der Waals surface area contributed by atoms with Crippen molar-refractivity contribution in [2.75, 3.05) is 6.61 Å². The van der Waals surface area contributed by atoms with Gasteiger partial charge in [-0.05, 0) is 39.0 Å². The van der Waals surface area contributed by atoms with Gasteiger partial charge in [-0.2, -0.15) is 5.10 Å². The molecule has 24 heavy (non-hydrogen) atoms. The van der Waals surface area contributed by atoms with Crippen molar-refractivity contribution in [3.8, 4) is 11.5 Å². The van der Waals surface area contributed by atoms with Crippen molar-refractivity contribution >= 4 is 5.91 Å². The summed E-state index contributed by atoms with van der Waals surface area (Å²) in [6.45, 7) is 6.86. The second-order valence-electron chi connectivity index (χ2n) is 6.11. The highest BCUT2D eigenvalue weighted by Gasteiger charge is 2.22. The second-order valence-corrected chi connectivity index (χ2v) is 6.11. The molecule has 6 heteroatoms. The zero-order valence-electron chi connectivity index (χ0n) is 14.5. The monoisotopic (exact) mass is 329 g/mol. The van der Waals surface area contributed by atoms with Crippen molar-refractivity contribution in [1.82, 2.24) is 15.1 Å². The number of aromatic nitrogens is 2. The maximum absolute atomic E-state index is 12.3. The SMILES string of the molecule is CCOc1cc2c(cc1CNC(=O)c1cc(C)n(C)n1)O[C@@H](C)C2. The first kappa shape index (κ1) is 16.4. The molecule has 0 aliphatic carbocycles. The molecule has 6 nitrogen and oxygen atoms in total. The lowest BCUT2D eigenvalue weighted by Crippen LogP contribution is -2.23. The molecular formula is C18H23N3O3. The molecule has 2 aromatic rings. The van der Waals surface area contributed by atoms with Gasteiger partial charge < -0.3 is 14.8 Å². The van der Waals surface area contributed by atoms with Crippen LogP contribution in [-0.4, -0.2) is 28.4 Å². The van der Waals surface area contributed by atoms with Gasteiger partial charge in [0.15, 0.2) is 0 Å². The fourth-order valence-electron chi connectivity index (χ4n) is 2.85. The van der Waals surface area contributed by atoms with E-state index in [-0.39, 0.29) is 12.0 Å². The van der Waals surface area contributed by atoms with Crippen LogP contribution in [-0.2, 0) is 20.0 Å². The van der Waals surface area contributed by atoms with Crippen LogP contribution in [0.25, 0.3) is 0 Å². The molecule has 1 aliphatic rings. The number of carbonyl (C=O) groups is 1. The second kappa shape index (κ2) is 6.55. The lowest BCUT2D eigenvalue weighted by molar-refractivity contribution is 0.0945. The predicted molar refractivity (Wildman–Crippen MR) is 90.5 cm³/mol. The Balaban J connectivity index is 1.76. The first-order valence-electron chi connectivity index (χ1n) is 8.22. The molecule has 1 amide bonds. The molecule has 0 saturated heterocycles. The van der Waals surface area contributed by atoms with E-state index in [4.69, 9.17) is 9.47 Å². The van der Waals surface area contributed by atoms with Crippen LogP contribution in [0.1, 0.15) is 41.2 Å². The Morgan fingerprint density at radius 3 is 2.92 bits per heavy atom. The van der Waals surface area contributed by atoms with E-state index in [1.54, 1.807) is 10.7 Å². The maximum Gasteiger partial charge on any atom is 0.272 e. The summed E-state index contributed by atoms with van der Waals surface area (Å²) in [5.74, 6) is 1.48. The number of nitrogens with zero attached hydrogens (tertiary/aromatic N) is 2. The van der Waals surface area contributed by atoms with Crippen molar-refractivity contribution in [2.45, 2.75) is 39.8 Å². The molecule has 1 aromatic carbocycles. The molecule has 0 bridgehead atoms. The summed E-state index contributed by atoms with van der Waals surface area (Å²) in [5.41, 5.74) is 3.42. The van der Waals surface area contributed by atoms with Gasteiger partial charge in [0.2, 0.25) is 0 Å². The third-order valence-electron chi connectivity index (χ3n) is 4.16. The van der Waals surface area contributed by atoms with Crippen LogP contribution in [0.2, 0.25) is 0 Å². The average molecular weight is 329 g/mol. The summed E-state index contributed by atoms with van der Waals surface area (Å²) in [4.78, 5) is 12.3. The van der Waals surface area contributed by atoms with Crippen LogP contribution >= 0.6 is 0 Å². The zero-order valence-corrected chi connectivity index (χ0v) is 14.5. The molecule has 0 unspecified atom stereocenters. The fraction of sp³-hybridized carbons (Fsp3) is 0.444. The van der Waals surface area contributed by atoms with Gasteiger partial charge >= 0.3 is 0 Å². The summed E-state index contributed by atoms with van der Waals surface area (Å²) < 4.78 is 13.2. The zero-order chi connectivity index (χ0) is 17.3. The maximum atomic E-state index is 12.3. The first-order valence-corrected chi connectivity index (χ1v) is 8.22. The van der Waals surface area contributed by atoms with Gasteiger partial charge in [-0.25, -0.2) is 0 Å². The number of benzene rings is 1. The van der Waals surface area contributed by atoms with E-state index >= 15 is 0 Å². The topological polar surface area (TPSA) is 65.4 Å². The van der Waals surface area contributed by atoms with E-state index in [1.165, 1.54) is 0 Å². The first-order chi connectivity index (χ1) is 11.5. The molecule has 3 rings (SSSR count). The molecule has 0 spiro atoms. The largest absolute Gasteiger partial charge is 0.494 e. The van der Waals surface area contributed by atoms with Crippen LogP contribution in [0.3, 0.4) is 0 Å². The molecule has 1 atom stereocenters. The molecular weight excluding hydrogens is 306 g/mol. The number of aryl methyl sites for hydroxylation is 2. The lowest BCUT2D eigenvalue weighted by Gasteiger charge is -2.13. The molecule has 2 heterocycles. The Kier molecular flexibility index (Phi) is 4.46. The number of nitrogens with one attached hydrogen (secondary N) is 1. The van der Waals surface area contributed by atoms with Crippen molar-refractivity contribution in [3.05, 3.63) is 40.7 Å². The predicted octanol–water partition coefficient (Wildman–Crippen LogP) is 2.38. The smallest absolute Gasteiger partial charge is 0.272 e. The van der Waals surface area contributed by atoms with Gasteiger partial charge in [-0.15, -0.1) is 0 Å². The Morgan fingerprint density at radius 2 is 2.25 bits per heavy atom. The molecule has 0 radical (unpaired) electrons. The van der Waals surface area contributed by atoms with Crippen LogP contribution in [0.15, 0.2) is 18.2 Å². The van der Waals surface area contributed by atoms with Crippen molar-refractivity contribution in [1.29, 1.82) is 0 Å². The summed E-state index contributed by atoms with van der Waals surface area (Å²) in [6.07, 6.45) is 1.06. The number of fused-ring (bicyclic) bond motifs is 1. The van der Waals surface area contributed by atoms with E-state index < -0.39 is 0 Å². The third kappa shape index (κ3) is 3.22. The van der Waals surface area contributed by atoms with Gasteiger partial charge in [0.05, 0.1) is 6.61 Å². The van der Waals surface area contributed by atoms with Gasteiger partial charge in [-0.3, -0.25) is 9.48 Å². The van der Waals surface area contributed by atoms with Crippen LogP contribution in [0, 0.1) is 6.92 Å². The molecule has 1 N–H and O–H groups in total. The van der Waals surface area contributed by atoms with E-state index in [0.29, 0.717) is 18.8 Å². The van der Waals surface area contributed by atoms with E-state index in [1.807, 2.05) is 40.0 Å².